The number of anilines is 2. The average molecular weight is 599 g/mol. The number of H-pyrrole nitrogens is 1. The van der Waals surface area contributed by atoms with Gasteiger partial charge in [0, 0.05) is 46.6 Å². The van der Waals surface area contributed by atoms with Gasteiger partial charge in [0.1, 0.15) is 36.1 Å². The van der Waals surface area contributed by atoms with Crippen molar-refractivity contribution in [2.45, 2.75) is 18.7 Å². The first kappa shape index (κ1) is 28.8. The van der Waals surface area contributed by atoms with E-state index in [-0.39, 0.29) is 28.6 Å². The summed E-state index contributed by atoms with van der Waals surface area (Å²) in [5.41, 5.74) is -0.710. The molecular formula is C24H19ClF4N6O4S. The van der Waals surface area contributed by atoms with Gasteiger partial charge in [0.25, 0.3) is 5.91 Å². The number of aromatic nitrogens is 4. The Labute approximate surface area is 229 Å². The highest BCUT2D eigenvalue weighted by Crippen LogP contribution is 2.42. The lowest BCUT2D eigenvalue weighted by molar-refractivity contribution is -0.142. The van der Waals surface area contributed by atoms with Crippen LogP contribution in [0, 0.1) is 5.82 Å². The van der Waals surface area contributed by atoms with Crippen molar-refractivity contribution in [2.75, 3.05) is 16.3 Å². The van der Waals surface area contributed by atoms with Crippen LogP contribution in [-0.2, 0) is 16.6 Å². The maximum atomic E-state index is 14.3. The van der Waals surface area contributed by atoms with Gasteiger partial charge in [-0.25, -0.2) is 22.8 Å². The van der Waals surface area contributed by atoms with Gasteiger partial charge in [-0.3, -0.25) is 14.5 Å². The Hall–Kier alpha value is -4.24. The van der Waals surface area contributed by atoms with Gasteiger partial charge in [-0.2, -0.15) is 13.2 Å². The number of benzene rings is 1. The number of carbonyl (C=O) groups excluding carboxylic acids is 1. The van der Waals surface area contributed by atoms with Gasteiger partial charge in [-0.05, 0) is 24.3 Å². The number of alkyl halides is 3. The molecule has 0 bridgehead atoms. The van der Waals surface area contributed by atoms with Crippen LogP contribution in [0.25, 0.3) is 0 Å². The number of rotatable bonds is 9. The van der Waals surface area contributed by atoms with E-state index in [9.17, 15) is 30.8 Å². The van der Waals surface area contributed by atoms with Gasteiger partial charge in [0.2, 0.25) is 10.0 Å². The number of sulfonamides is 1. The third kappa shape index (κ3) is 7.45. The second kappa shape index (κ2) is 11.5. The van der Waals surface area contributed by atoms with Gasteiger partial charge in [-0.1, -0.05) is 11.6 Å². The second-order valence-corrected chi connectivity index (χ2v) is 10.6. The van der Waals surface area contributed by atoms with Crippen LogP contribution in [0.2, 0.25) is 5.02 Å². The summed E-state index contributed by atoms with van der Waals surface area (Å²) in [6.07, 6.45) is 1.71. The molecule has 40 heavy (non-hydrogen) atoms. The summed E-state index contributed by atoms with van der Waals surface area (Å²) in [7, 11) is -3.64. The molecule has 1 amide bonds. The molecule has 3 heterocycles. The second-order valence-electron chi connectivity index (χ2n) is 8.45. The van der Waals surface area contributed by atoms with Gasteiger partial charge in [-0.15, -0.1) is 0 Å². The van der Waals surface area contributed by atoms with E-state index in [4.69, 9.17) is 16.3 Å². The predicted molar refractivity (Wildman–Crippen MR) is 137 cm³/mol. The van der Waals surface area contributed by atoms with Crippen LogP contribution in [0.1, 0.15) is 33.2 Å². The quantitative estimate of drug-likeness (QED) is 0.233. The van der Waals surface area contributed by atoms with Crippen molar-refractivity contribution in [3.05, 3.63) is 94.8 Å². The first-order valence-electron chi connectivity index (χ1n) is 11.2. The van der Waals surface area contributed by atoms with Gasteiger partial charge < -0.3 is 15.0 Å². The number of halogens is 5. The van der Waals surface area contributed by atoms with E-state index in [0.29, 0.717) is 11.8 Å². The largest absolute Gasteiger partial charge is 0.487 e. The Bertz CT molecular complexity index is 1630. The molecule has 3 N–H and O–H groups in total. The molecule has 0 saturated heterocycles. The molecule has 0 spiro atoms. The fourth-order valence-corrected chi connectivity index (χ4v) is 4.44. The molecule has 4 rings (SSSR count). The van der Waals surface area contributed by atoms with Crippen LogP contribution in [0.4, 0.5) is 28.9 Å². The predicted octanol–water partition coefficient (Wildman–Crippen LogP) is 4.89. The fraction of sp³-hybridized carbons (Fsp3) is 0.167. The maximum absolute atomic E-state index is 14.3. The van der Waals surface area contributed by atoms with Crippen LogP contribution < -0.4 is 14.8 Å². The van der Waals surface area contributed by atoms with E-state index in [1.54, 1.807) is 0 Å². The van der Waals surface area contributed by atoms with Crippen LogP contribution in [-0.4, -0.2) is 46.7 Å². The first-order chi connectivity index (χ1) is 18.8. The smallest absolute Gasteiger partial charge is 0.402 e. The summed E-state index contributed by atoms with van der Waals surface area (Å²) in [6.45, 7) is -0.252. The number of aromatic amines is 1. The van der Waals surface area contributed by atoms with Crippen molar-refractivity contribution < 1.29 is 35.5 Å². The van der Waals surface area contributed by atoms with Crippen molar-refractivity contribution in [3.63, 3.8) is 0 Å². The summed E-state index contributed by atoms with van der Waals surface area (Å²) in [6, 6.07) is 5.65. The van der Waals surface area contributed by atoms with E-state index >= 15 is 0 Å². The first-order valence-corrected chi connectivity index (χ1v) is 13.4. The summed E-state index contributed by atoms with van der Waals surface area (Å²) in [4.78, 5) is 26.5. The summed E-state index contributed by atoms with van der Waals surface area (Å²) in [5, 5.41) is 2.54. The van der Waals surface area contributed by atoms with Crippen LogP contribution in [0.5, 0.6) is 5.75 Å². The number of nitrogens with zero attached hydrogens (tertiary/aromatic N) is 3. The monoisotopic (exact) mass is 598 g/mol. The third-order valence-corrected chi connectivity index (χ3v) is 6.02. The molecule has 16 heteroatoms. The molecule has 0 fully saturated rings. The number of amides is 1. The summed E-state index contributed by atoms with van der Waals surface area (Å²) >= 11 is 5.99. The fourth-order valence-electron chi connectivity index (χ4n) is 3.66. The van der Waals surface area contributed by atoms with Crippen LogP contribution in [0.3, 0.4) is 0 Å². The summed E-state index contributed by atoms with van der Waals surface area (Å²) < 4.78 is 87.6. The Kier molecular flexibility index (Phi) is 8.25. The molecule has 210 valence electrons. The topological polar surface area (TPSA) is 139 Å². The molecule has 4 aromatic rings. The van der Waals surface area contributed by atoms with Crippen LogP contribution in [0.15, 0.2) is 61.4 Å². The van der Waals surface area contributed by atoms with E-state index in [2.05, 4.69) is 30.0 Å². The molecule has 1 aromatic carbocycles. The average Bonchev–Trinajstić information content (AvgIpc) is 3.32. The molecular weight excluding hydrogens is 580 g/mol. The highest BCUT2D eigenvalue weighted by atomic mass is 35.5. The van der Waals surface area contributed by atoms with Crippen LogP contribution >= 0.6 is 11.6 Å². The minimum absolute atomic E-state index is 0.0640. The zero-order valence-corrected chi connectivity index (χ0v) is 21.9. The van der Waals surface area contributed by atoms with Gasteiger partial charge in [0.15, 0.2) is 0 Å². The molecule has 1 unspecified atom stereocenters. The van der Waals surface area contributed by atoms with E-state index < -0.39 is 51.0 Å². The highest BCUT2D eigenvalue weighted by molar-refractivity contribution is 7.92. The Morgan fingerprint density at radius 1 is 1.10 bits per heavy atom. The Balaban J connectivity index is 1.61. The minimum Gasteiger partial charge on any atom is -0.487 e. The standard InChI is InChI=1S/C24H19ClF4N6O4S/c1-40(37,38)35-18-4-15(25)3-17(6-18)34-23(36)14-2-19(32-9-14)21(24(27,28)29)22-20(5-16(26)10-33-22)39-11-13-7-30-12-31-8-13/h2-10,12,21,32,35H,11H2,1H3,(H,34,36). The third-order valence-electron chi connectivity index (χ3n) is 5.19. The summed E-state index contributed by atoms with van der Waals surface area (Å²) in [5.74, 6) is -4.60. The number of hydrogen-bond acceptors (Lipinski definition) is 7. The maximum Gasteiger partial charge on any atom is 0.402 e. The van der Waals surface area contributed by atoms with E-state index in [0.717, 1.165) is 24.6 Å². The van der Waals surface area contributed by atoms with Crippen molar-refractivity contribution in [1.29, 1.82) is 0 Å². The molecule has 0 radical (unpaired) electrons. The Morgan fingerprint density at radius 3 is 2.48 bits per heavy atom. The molecule has 10 nitrogen and oxygen atoms in total. The normalized spacial score (nSPS) is 12.6. The van der Waals surface area contributed by atoms with Crippen molar-refractivity contribution in [3.8, 4) is 5.75 Å². The zero-order chi connectivity index (χ0) is 29.1. The number of hydrogen-bond donors (Lipinski definition) is 3. The lowest BCUT2D eigenvalue weighted by Crippen LogP contribution is -2.24. The van der Waals surface area contributed by atoms with Crippen molar-refractivity contribution >= 4 is 38.9 Å². The van der Waals surface area contributed by atoms with Crippen molar-refractivity contribution in [1.82, 2.24) is 19.9 Å². The molecule has 0 aliphatic rings. The highest BCUT2D eigenvalue weighted by Gasteiger charge is 2.45. The molecule has 3 aromatic heterocycles. The lowest BCUT2D eigenvalue weighted by atomic mass is 9.98. The number of carbonyl (C=O) groups is 1. The molecule has 0 aliphatic heterocycles. The number of ether oxygens (including phenoxy) is 1. The van der Waals surface area contributed by atoms with E-state index in [1.165, 1.54) is 36.9 Å². The number of pyridine rings is 1. The zero-order valence-electron chi connectivity index (χ0n) is 20.3. The van der Waals surface area contributed by atoms with Gasteiger partial charge >= 0.3 is 6.18 Å². The minimum atomic E-state index is -4.92. The van der Waals surface area contributed by atoms with E-state index in [1.807, 2.05) is 0 Å². The SMILES string of the molecule is CS(=O)(=O)Nc1cc(Cl)cc(NC(=O)c2c[nH]c(C(c3ncc(F)cc3OCc3cncnc3)C(F)(F)F)c2)c1. The molecule has 0 aliphatic carbocycles. The molecule has 0 saturated carbocycles. The van der Waals surface area contributed by atoms with Gasteiger partial charge in [0.05, 0.1) is 23.7 Å². The molecule has 1 atom stereocenters. The Morgan fingerprint density at radius 2 is 1.80 bits per heavy atom. The van der Waals surface area contributed by atoms with Crippen molar-refractivity contribution in [2.24, 2.45) is 0 Å². The lowest BCUT2D eigenvalue weighted by Gasteiger charge is -2.21. The number of nitrogens with one attached hydrogen (secondary N) is 3.